The fourth-order valence-corrected chi connectivity index (χ4v) is 5.17. The first-order valence-electron chi connectivity index (χ1n) is 12.8. The summed E-state index contributed by atoms with van der Waals surface area (Å²) in [6, 6.07) is 32.6. The van der Waals surface area contributed by atoms with Crippen molar-refractivity contribution in [2.45, 2.75) is 25.2 Å². The van der Waals surface area contributed by atoms with Gasteiger partial charge in [0.2, 0.25) is 0 Å². The molecular weight excluding hydrogens is 485 g/mol. The number of carbonyl (C=O) groups excluding carboxylic acids is 1. The first-order chi connectivity index (χ1) is 18.4. The Kier molecular flexibility index (Phi) is 7.61. The first kappa shape index (κ1) is 25.7. The van der Waals surface area contributed by atoms with Crippen LogP contribution in [0.15, 0.2) is 109 Å². The predicted molar refractivity (Wildman–Crippen MR) is 144 cm³/mol. The van der Waals surface area contributed by atoms with E-state index in [1.807, 2.05) is 65.6 Å². The third kappa shape index (κ3) is 5.97. The molecule has 1 unspecified atom stereocenters. The van der Waals surface area contributed by atoms with Gasteiger partial charge >= 0.3 is 6.18 Å². The van der Waals surface area contributed by atoms with Crippen molar-refractivity contribution in [1.29, 1.82) is 0 Å². The van der Waals surface area contributed by atoms with E-state index in [9.17, 15) is 18.0 Å². The second-order valence-corrected chi connectivity index (χ2v) is 9.68. The summed E-state index contributed by atoms with van der Waals surface area (Å²) < 4.78 is 40.4. The van der Waals surface area contributed by atoms with E-state index in [0.29, 0.717) is 30.8 Å². The highest BCUT2D eigenvalue weighted by molar-refractivity contribution is 5.94. The molecule has 1 aliphatic heterocycles. The highest BCUT2D eigenvalue weighted by Gasteiger charge is 2.33. The van der Waals surface area contributed by atoms with E-state index in [0.717, 1.165) is 24.6 Å². The van der Waals surface area contributed by atoms with Crippen molar-refractivity contribution in [2.75, 3.05) is 19.6 Å². The van der Waals surface area contributed by atoms with Crippen molar-refractivity contribution in [3.63, 3.8) is 0 Å². The number of amides is 1. The number of rotatable bonds is 6. The zero-order valence-corrected chi connectivity index (χ0v) is 20.9. The van der Waals surface area contributed by atoms with Crippen molar-refractivity contribution in [3.05, 3.63) is 131 Å². The van der Waals surface area contributed by atoms with Gasteiger partial charge in [-0.15, -0.1) is 0 Å². The molecule has 0 aliphatic carbocycles. The first-order valence-corrected chi connectivity index (χ1v) is 12.8. The standard InChI is InChI=1S/C32H29F3N2O/c33-32(34,35)30-14-8-7-13-29(30)26-17-15-25(16-18-26)22-36-19-20-37(31(38)27-11-5-2-6-12-27)28(23-36)21-24-9-3-1-4-10-24/h1-18,28H,19-23H2. The fraction of sp³-hybridized carbons (Fsp3) is 0.219. The molecule has 0 spiro atoms. The molecule has 0 aromatic heterocycles. The van der Waals surface area contributed by atoms with Crippen LogP contribution in [0.5, 0.6) is 0 Å². The normalized spacial score (nSPS) is 16.4. The minimum absolute atomic E-state index is 0.0109. The van der Waals surface area contributed by atoms with E-state index in [1.54, 1.807) is 18.2 Å². The number of halogens is 3. The van der Waals surface area contributed by atoms with Gasteiger partial charge in [0.25, 0.3) is 5.91 Å². The maximum Gasteiger partial charge on any atom is 0.417 e. The molecule has 1 saturated heterocycles. The topological polar surface area (TPSA) is 23.6 Å². The Balaban J connectivity index is 1.32. The lowest BCUT2D eigenvalue weighted by molar-refractivity contribution is -0.137. The summed E-state index contributed by atoms with van der Waals surface area (Å²) in [7, 11) is 0. The van der Waals surface area contributed by atoms with Gasteiger partial charge in [-0.1, -0.05) is 91.0 Å². The zero-order chi connectivity index (χ0) is 26.5. The summed E-state index contributed by atoms with van der Waals surface area (Å²) in [5.74, 6) is 0.0406. The molecule has 1 amide bonds. The number of hydrogen-bond donors (Lipinski definition) is 0. The number of hydrogen-bond acceptors (Lipinski definition) is 2. The van der Waals surface area contributed by atoms with Crippen LogP contribution in [-0.2, 0) is 19.1 Å². The number of nitrogens with zero attached hydrogens (tertiary/aromatic N) is 2. The molecular formula is C32H29F3N2O. The molecule has 38 heavy (non-hydrogen) atoms. The predicted octanol–water partition coefficient (Wildman–Crippen LogP) is 6.94. The van der Waals surface area contributed by atoms with E-state index in [1.165, 1.54) is 17.7 Å². The van der Waals surface area contributed by atoms with Crippen LogP contribution in [0.1, 0.15) is 27.0 Å². The van der Waals surface area contributed by atoms with Crippen LogP contribution in [0.25, 0.3) is 11.1 Å². The smallest absolute Gasteiger partial charge is 0.333 e. The molecule has 194 valence electrons. The van der Waals surface area contributed by atoms with E-state index in [2.05, 4.69) is 17.0 Å². The molecule has 3 nitrogen and oxygen atoms in total. The molecule has 0 bridgehead atoms. The Morgan fingerprint density at radius 1 is 0.737 bits per heavy atom. The van der Waals surface area contributed by atoms with Crippen LogP contribution in [0.3, 0.4) is 0 Å². The quantitative estimate of drug-likeness (QED) is 0.278. The van der Waals surface area contributed by atoms with Gasteiger partial charge in [0.05, 0.1) is 5.56 Å². The molecule has 5 rings (SSSR count). The molecule has 0 radical (unpaired) electrons. The Bertz CT molecular complexity index is 1360. The molecule has 4 aromatic rings. The molecule has 1 fully saturated rings. The summed E-state index contributed by atoms with van der Waals surface area (Å²) in [6.07, 6.45) is -3.65. The van der Waals surface area contributed by atoms with E-state index < -0.39 is 11.7 Å². The molecule has 0 saturated carbocycles. The SMILES string of the molecule is O=C(c1ccccc1)N1CCN(Cc2ccc(-c3ccccc3C(F)(F)F)cc2)CC1Cc1ccccc1. The number of piperazine rings is 1. The Morgan fingerprint density at radius 3 is 2.05 bits per heavy atom. The van der Waals surface area contributed by atoms with Crippen molar-refractivity contribution in [3.8, 4) is 11.1 Å². The average molecular weight is 515 g/mol. The molecule has 1 atom stereocenters. The van der Waals surface area contributed by atoms with Gasteiger partial charge in [0.1, 0.15) is 0 Å². The summed E-state index contributed by atoms with van der Waals surface area (Å²) in [6.45, 7) is 2.72. The van der Waals surface area contributed by atoms with Crippen LogP contribution in [0.4, 0.5) is 13.2 Å². The van der Waals surface area contributed by atoms with E-state index in [-0.39, 0.29) is 17.5 Å². The minimum atomic E-state index is -4.40. The summed E-state index contributed by atoms with van der Waals surface area (Å²) in [5, 5.41) is 0. The average Bonchev–Trinajstić information content (AvgIpc) is 2.94. The summed E-state index contributed by atoms with van der Waals surface area (Å²) in [4.78, 5) is 17.7. The van der Waals surface area contributed by atoms with Crippen LogP contribution in [-0.4, -0.2) is 41.4 Å². The van der Waals surface area contributed by atoms with Crippen molar-refractivity contribution < 1.29 is 18.0 Å². The van der Waals surface area contributed by atoms with E-state index >= 15 is 0 Å². The number of carbonyl (C=O) groups is 1. The second-order valence-electron chi connectivity index (χ2n) is 9.68. The van der Waals surface area contributed by atoms with Crippen molar-refractivity contribution >= 4 is 5.91 Å². The van der Waals surface area contributed by atoms with Gasteiger partial charge in [-0.05, 0) is 46.9 Å². The summed E-state index contributed by atoms with van der Waals surface area (Å²) >= 11 is 0. The lowest BCUT2D eigenvalue weighted by Gasteiger charge is -2.42. The molecule has 4 aromatic carbocycles. The highest BCUT2D eigenvalue weighted by Crippen LogP contribution is 2.37. The number of benzene rings is 4. The third-order valence-electron chi connectivity index (χ3n) is 7.07. The zero-order valence-electron chi connectivity index (χ0n) is 20.9. The lowest BCUT2D eigenvalue weighted by atomic mass is 9.98. The van der Waals surface area contributed by atoms with Gasteiger partial charge in [0, 0.05) is 37.8 Å². The largest absolute Gasteiger partial charge is 0.417 e. The van der Waals surface area contributed by atoms with Crippen molar-refractivity contribution in [2.24, 2.45) is 0 Å². The molecule has 6 heteroatoms. The van der Waals surface area contributed by atoms with Crippen LogP contribution < -0.4 is 0 Å². The van der Waals surface area contributed by atoms with Gasteiger partial charge in [-0.3, -0.25) is 9.69 Å². The number of alkyl halides is 3. The maximum absolute atomic E-state index is 13.5. The Hall–Kier alpha value is -3.90. The third-order valence-corrected chi connectivity index (χ3v) is 7.07. The van der Waals surface area contributed by atoms with E-state index in [4.69, 9.17) is 0 Å². The Morgan fingerprint density at radius 2 is 1.37 bits per heavy atom. The van der Waals surface area contributed by atoms with Crippen molar-refractivity contribution in [1.82, 2.24) is 9.80 Å². The monoisotopic (exact) mass is 514 g/mol. The fourth-order valence-electron chi connectivity index (χ4n) is 5.17. The Labute approximate surface area is 221 Å². The second kappa shape index (κ2) is 11.2. The van der Waals surface area contributed by atoms with Gasteiger partial charge < -0.3 is 4.90 Å². The van der Waals surface area contributed by atoms with Crippen LogP contribution in [0, 0.1) is 0 Å². The molecule has 0 N–H and O–H groups in total. The highest BCUT2D eigenvalue weighted by atomic mass is 19.4. The molecule has 1 aliphatic rings. The van der Waals surface area contributed by atoms with Crippen LogP contribution in [0.2, 0.25) is 0 Å². The van der Waals surface area contributed by atoms with Gasteiger partial charge in [-0.25, -0.2) is 0 Å². The lowest BCUT2D eigenvalue weighted by Crippen LogP contribution is -2.55. The van der Waals surface area contributed by atoms with Crippen LogP contribution >= 0.6 is 0 Å². The summed E-state index contributed by atoms with van der Waals surface area (Å²) in [5.41, 5.74) is 2.99. The minimum Gasteiger partial charge on any atom is -0.333 e. The van der Waals surface area contributed by atoms with Gasteiger partial charge in [-0.2, -0.15) is 13.2 Å². The molecule has 1 heterocycles. The maximum atomic E-state index is 13.5. The van der Waals surface area contributed by atoms with Gasteiger partial charge in [0.15, 0.2) is 0 Å².